The molecule has 1 aromatic carbocycles. The average Bonchev–Trinajstić information content (AvgIpc) is 3.07. The van der Waals surface area contributed by atoms with Crippen LogP contribution in [0, 0.1) is 0 Å². The Bertz CT molecular complexity index is 826. The third kappa shape index (κ3) is 6.75. The van der Waals surface area contributed by atoms with Crippen LogP contribution < -0.4 is 5.32 Å². The summed E-state index contributed by atoms with van der Waals surface area (Å²) in [5.41, 5.74) is 0.414. The lowest BCUT2D eigenvalue weighted by Gasteiger charge is -2.19. The molecule has 0 saturated heterocycles. The number of benzene rings is 1. The van der Waals surface area contributed by atoms with Crippen molar-refractivity contribution in [3.8, 4) is 0 Å². The zero-order valence-electron chi connectivity index (χ0n) is 15.9. The van der Waals surface area contributed by atoms with E-state index >= 15 is 0 Å². The molecule has 0 bridgehead atoms. The first-order chi connectivity index (χ1) is 13.1. The molecule has 0 radical (unpaired) electrons. The molecule has 0 spiro atoms. The number of imidazole rings is 1. The standard InChI is InChI=1S/C19H23N3O6/c1-19(2,3)28-18(26)22-10-14(20-12-22)9-15(16(23)24)21-17(25)27-11-13-7-5-4-6-8-13/h4-8,10,12,15H,9,11H2,1-3H3,(H,21,25)(H,23,24)/t15-/m0/s1. The minimum Gasteiger partial charge on any atom is -0.480 e. The molecule has 0 aliphatic carbocycles. The van der Waals surface area contributed by atoms with Gasteiger partial charge in [0.05, 0.1) is 5.69 Å². The monoisotopic (exact) mass is 389 g/mol. The number of rotatable bonds is 6. The van der Waals surface area contributed by atoms with Crippen molar-refractivity contribution in [2.24, 2.45) is 0 Å². The van der Waals surface area contributed by atoms with Crippen LogP contribution in [0.25, 0.3) is 0 Å². The Kier molecular flexibility index (Phi) is 6.75. The average molecular weight is 389 g/mol. The van der Waals surface area contributed by atoms with E-state index in [0.29, 0.717) is 5.69 Å². The summed E-state index contributed by atoms with van der Waals surface area (Å²) in [4.78, 5) is 39.3. The molecule has 28 heavy (non-hydrogen) atoms. The van der Waals surface area contributed by atoms with Gasteiger partial charge in [-0.1, -0.05) is 30.3 Å². The lowest BCUT2D eigenvalue weighted by molar-refractivity contribution is -0.139. The van der Waals surface area contributed by atoms with Gasteiger partial charge in [0.2, 0.25) is 0 Å². The van der Waals surface area contributed by atoms with Crippen LogP contribution in [-0.4, -0.2) is 44.5 Å². The predicted octanol–water partition coefficient (Wildman–Crippen LogP) is 2.59. The summed E-state index contributed by atoms with van der Waals surface area (Å²) >= 11 is 0. The molecule has 9 heteroatoms. The van der Waals surface area contributed by atoms with Crippen molar-refractivity contribution in [2.75, 3.05) is 0 Å². The van der Waals surface area contributed by atoms with Gasteiger partial charge in [-0.15, -0.1) is 0 Å². The van der Waals surface area contributed by atoms with Gasteiger partial charge in [0.1, 0.15) is 24.6 Å². The van der Waals surface area contributed by atoms with E-state index < -0.39 is 29.8 Å². The number of carboxylic acid groups (broad SMARTS) is 1. The Morgan fingerprint density at radius 3 is 2.50 bits per heavy atom. The van der Waals surface area contributed by atoms with Gasteiger partial charge in [0, 0.05) is 12.6 Å². The van der Waals surface area contributed by atoms with Crippen molar-refractivity contribution in [1.82, 2.24) is 14.9 Å². The van der Waals surface area contributed by atoms with E-state index in [1.54, 1.807) is 45.0 Å². The quantitative estimate of drug-likeness (QED) is 0.779. The second kappa shape index (κ2) is 9.03. The lowest BCUT2D eigenvalue weighted by atomic mass is 10.2. The zero-order chi connectivity index (χ0) is 20.7. The first kappa shape index (κ1) is 20.9. The van der Waals surface area contributed by atoms with Gasteiger partial charge < -0.3 is 19.9 Å². The van der Waals surface area contributed by atoms with Crippen molar-refractivity contribution < 1.29 is 29.0 Å². The number of amides is 1. The highest BCUT2D eigenvalue weighted by molar-refractivity contribution is 5.80. The smallest absolute Gasteiger partial charge is 0.419 e. The largest absolute Gasteiger partial charge is 0.480 e. The van der Waals surface area contributed by atoms with Crippen LogP contribution in [-0.2, 0) is 27.3 Å². The van der Waals surface area contributed by atoms with Crippen LogP contribution in [0.2, 0.25) is 0 Å². The highest BCUT2D eigenvalue weighted by Gasteiger charge is 2.24. The molecule has 1 atom stereocenters. The highest BCUT2D eigenvalue weighted by atomic mass is 16.6. The second-order valence-electron chi connectivity index (χ2n) is 7.05. The van der Waals surface area contributed by atoms with Crippen molar-refractivity contribution in [3.05, 3.63) is 54.1 Å². The molecule has 0 saturated carbocycles. The van der Waals surface area contributed by atoms with E-state index in [0.717, 1.165) is 10.1 Å². The number of carbonyl (C=O) groups is 3. The number of ether oxygens (including phenoxy) is 2. The molecule has 1 amide bonds. The number of hydrogen-bond donors (Lipinski definition) is 2. The highest BCUT2D eigenvalue weighted by Crippen LogP contribution is 2.10. The number of alkyl carbamates (subject to hydrolysis) is 1. The summed E-state index contributed by atoms with van der Waals surface area (Å²) < 4.78 is 11.4. The summed E-state index contributed by atoms with van der Waals surface area (Å²) in [5.74, 6) is -1.25. The molecule has 2 rings (SSSR count). The van der Waals surface area contributed by atoms with Gasteiger partial charge in [0.15, 0.2) is 0 Å². The number of hydrogen-bond acceptors (Lipinski definition) is 6. The topological polar surface area (TPSA) is 120 Å². The minimum absolute atomic E-state index is 0.0201. The second-order valence-corrected chi connectivity index (χ2v) is 7.05. The van der Waals surface area contributed by atoms with E-state index in [-0.39, 0.29) is 13.0 Å². The normalized spacial score (nSPS) is 12.1. The first-order valence-electron chi connectivity index (χ1n) is 8.60. The van der Waals surface area contributed by atoms with E-state index in [1.165, 1.54) is 12.5 Å². The van der Waals surface area contributed by atoms with Crippen LogP contribution in [0.5, 0.6) is 0 Å². The molecular weight excluding hydrogens is 366 g/mol. The molecule has 2 N–H and O–H groups in total. The van der Waals surface area contributed by atoms with Gasteiger partial charge >= 0.3 is 18.2 Å². The summed E-state index contributed by atoms with van der Waals surface area (Å²) in [6, 6.07) is 7.75. The Labute approximate surface area is 162 Å². The molecule has 1 aromatic heterocycles. The maximum Gasteiger partial charge on any atom is 0.419 e. The SMILES string of the molecule is CC(C)(C)OC(=O)n1cnc(C[C@H](NC(=O)OCc2ccccc2)C(=O)O)c1. The van der Waals surface area contributed by atoms with E-state index in [1.807, 2.05) is 6.07 Å². The van der Waals surface area contributed by atoms with Gasteiger partial charge in [-0.05, 0) is 26.3 Å². The molecule has 0 aliphatic heterocycles. The maximum atomic E-state index is 12.0. The lowest BCUT2D eigenvalue weighted by Crippen LogP contribution is -2.42. The van der Waals surface area contributed by atoms with E-state index in [2.05, 4.69) is 10.3 Å². The first-order valence-corrected chi connectivity index (χ1v) is 8.60. The number of carboxylic acids is 1. The van der Waals surface area contributed by atoms with Crippen molar-refractivity contribution in [2.45, 2.75) is 45.4 Å². The fraction of sp³-hybridized carbons (Fsp3) is 0.368. The zero-order valence-corrected chi connectivity index (χ0v) is 15.9. The van der Waals surface area contributed by atoms with Gasteiger partial charge in [-0.3, -0.25) is 0 Å². The van der Waals surface area contributed by atoms with E-state index in [9.17, 15) is 19.5 Å². The number of nitrogens with zero attached hydrogens (tertiary/aromatic N) is 2. The Morgan fingerprint density at radius 1 is 1.21 bits per heavy atom. The van der Waals surface area contributed by atoms with Crippen LogP contribution in [0.3, 0.4) is 0 Å². The van der Waals surface area contributed by atoms with Crippen molar-refractivity contribution in [3.63, 3.8) is 0 Å². The molecule has 0 unspecified atom stereocenters. The number of nitrogens with one attached hydrogen (secondary N) is 1. The van der Waals surface area contributed by atoms with Crippen LogP contribution in [0.4, 0.5) is 9.59 Å². The summed E-state index contributed by atoms with van der Waals surface area (Å²) in [7, 11) is 0. The van der Waals surface area contributed by atoms with Gasteiger partial charge in [-0.25, -0.2) is 23.9 Å². The Hall–Kier alpha value is -3.36. The fourth-order valence-corrected chi connectivity index (χ4v) is 2.20. The van der Waals surface area contributed by atoms with Gasteiger partial charge in [0.25, 0.3) is 0 Å². The molecule has 0 aliphatic rings. The minimum atomic E-state index is -1.26. The predicted molar refractivity (Wildman–Crippen MR) is 98.7 cm³/mol. The Morgan fingerprint density at radius 2 is 1.89 bits per heavy atom. The molecular formula is C19H23N3O6. The van der Waals surface area contributed by atoms with Crippen LogP contribution in [0.1, 0.15) is 32.0 Å². The molecule has 1 heterocycles. The summed E-state index contributed by atoms with van der Waals surface area (Å²) in [6.07, 6.45) is 0.985. The van der Waals surface area contributed by atoms with Gasteiger partial charge in [-0.2, -0.15) is 0 Å². The van der Waals surface area contributed by atoms with Crippen molar-refractivity contribution in [1.29, 1.82) is 0 Å². The third-order valence-corrected chi connectivity index (χ3v) is 3.46. The van der Waals surface area contributed by atoms with E-state index in [4.69, 9.17) is 9.47 Å². The Balaban J connectivity index is 1.93. The molecule has 0 fully saturated rings. The van der Waals surface area contributed by atoms with Crippen LogP contribution >= 0.6 is 0 Å². The molecule has 9 nitrogen and oxygen atoms in total. The summed E-state index contributed by atoms with van der Waals surface area (Å²) in [5, 5.41) is 11.6. The van der Waals surface area contributed by atoms with Crippen molar-refractivity contribution >= 4 is 18.2 Å². The maximum absolute atomic E-state index is 12.0. The summed E-state index contributed by atoms with van der Waals surface area (Å²) in [6.45, 7) is 5.21. The number of carbonyl (C=O) groups excluding carboxylic acids is 2. The fourth-order valence-electron chi connectivity index (χ4n) is 2.20. The number of aromatic nitrogens is 2. The molecule has 2 aromatic rings. The number of aliphatic carboxylic acids is 1. The molecule has 150 valence electrons. The third-order valence-electron chi connectivity index (χ3n) is 3.46. The van der Waals surface area contributed by atoms with Crippen LogP contribution in [0.15, 0.2) is 42.9 Å².